The molecule has 0 bridgehead atoms. The summed E-state index contributed by atoms with van der Waals surface area (Å²) < 4.78 is 5.01. The number of hydrogen-bond acceptors (Lipinski definition) is 2. The van der Waals surface area contributed by atoms with Gasteiger partial charge in [0.05, 0.1) is 6.61 Å². The van der Waals surface area contributed by atoms with Crippen molar-refractivity contribution >= 4 is 17.5 Å². The standard InChI is InChI=1S/C11H20ClNO2/c1-9(8-15-2)10(12)11(14)13-6-4-3-5-7-13/h9-10H,3-8H2,1-2H3. The van der Waals surface area contributed by atoms with Gasteiger partial charge in [-0.25, -0.2) is 0 Å². The summed E-state index contributed by atoms with van der Waals surface area (Å²) >= 11 is 6.12. The minimum Gasteiger partial charge on any atom is -0.384 e. The van der Waals surface area contributed by atoms with Crippen LogP contribution in [0.3, 0.4) is 0 Å². The maximum absolute atomic E-state index is 12.0. The SMILES string of the molecule is COCC(C)C(Cl)C(=O)N1CCCCC1. The number of carbonyl (C=O) groups excluding carboxylic acids is 1. The molecule has 2 atom stereocenters. The van der Waals surface area contributed by atoms with Gasteiger partial charge in [-0.2, -0.15) is 0 Å². The maximum atomic E-state index is 12.0. The predicted molar refractivity (Wildman–Crippen MR) is 61.1 cm³/mol. The molecule has 1 fully saturated rings. The number of likely N-dealkylation sites (tertiary alicyclic amines) is 1. The Labute approximate surface area is 96.7 Å². The molecule has 3 nitrogen and oxygen atoms in total. The summed E-state index contributed by atoms with van der Waals surface area (Å²) in [5.74, 6) is 0.145. The van der Waals surface area contributed by atoms with E-state index < -0.39 is 5.38 Å². The van der Waals surface area contributed by atoms with Crippen LogP contribution in [0.25, 0.3) is 0 Å². The first kappa shape index (κ1) is 12.8. The van der Waals surface area contributed by atoms with E-state index in [2.05, 4.69) is 0 Å². The lowest BCUT2D eigenvalue weighted by Crippen LogP contribution is -2.43. The molecule has 1 rings (SSSR count). The van der Waals surface area contributed by atoms with Crippen molar-refractivity contribution in [1.29, 1.82) is 0 Å². The normalized spacial score (nSPS) is 21.1. The van der Waals surface area contributed by atoms with Crippen LogP contribution in [0.4, 0.5) is 0 Å². The van der Waals surface area contributed by atoms with Crippen molar-refractivity contribution in [1.82, 2.24) is 4.90 Å². The molecule has 0 N–H and O–H groups in total. The first-order valence-electron chi connectivity index (χ1n) is 5.58. The van der Waals surface area contributed by atoms with Crippen LogP contribution >= 0.6 is 11.6 Å². The summed E-state index contributed by atoms with van der Waals surface area (Å²) in [5, 5.41) is -0.442. The van der Waals surface area contributed by atoms with Crippen LogP contribution < -0.4 is 0 Å². The van der Waals surface area contributed by atoms with Crippen molar-refractivity contribution in [3.63, 3.8) is 0 Å². The fraction of sp³-hybridized carbons (Fsp3) is 0.909. The van der Waals surface area contributed by atoms with Crippen LogP contribution in [0.1, 0.15) is 26.2 Å². The molecular weight excluding hydrogens is 214 g/mol. The van der Waals surface area contributed by atoms with E-state index in [1.807, 2.05) is 11.8 Å². The Morgan fingerprint density at radius 2 is 2.00 bits per heavy atom. The quantitative estimate of drug-likeness (QED) is 0.694. The summed E-state index contributed by atoms with van der Waals surface area (Å²) in [7, 11) is 1.63. The molecule has 0 saturated carbocycles. The summed E-state index contributed by atoms with van der Waals surface area (Å²) in [4.78, 5) is 13.8. The van der Waals surface area contributed by atoms with Crippen molar-refractivity contribution in [2.75, 3.05) is 26.8 Å². The highest BCUT2D eigenvalue weighted by Gasteiger charge is 2.27. The lowest BCUT2D eigenvalue weighted by atomic mass is 10.1. The number of methoxy groups -OCH3 is 1. The Kier molecular flexibility index (Phi) is 5.40. The van der Waals surface area contributed by atoms with Crippen LogP contribution in [0.2, 0.25) is 0 Å². The Morgan fingerprint density at radius 1 is 1.40 bits per heavy atom. The van der Waals surface area contributed by atoms with E-state index in [1.165, 1.54) is 6.42 Å². The maximum Gasteiger partial charge on any atom is 0.240 e. The molecule has 88 valence electrons. The van der Waals surface area contributed by atoms with E-state index in [4.69, 9.17) is 16.3 Å². The fourth-order valence-corrected chi connectivity index (χ4v) is 2.09. The predicted octanol–water partition coefficient (Wildman–Crippen LogP) is 1.89. The van der Waals surface area contributed by atoms with Crippen molar-refractivity contribution in [2.24, 2.45) is 5.92 Å². The Morgan fingerprint density at radius 3 is 2.53 bits per heavy atom. The molecular formula is C11H20ClNO2. The molecule has 1 saturated heterocycles. The van der Waals surface area contributed by atoms with E-state index >= 15 is 0 Å². The minimum atomic E-state index is -0.442. The molecule has 0 aromatic rings. The molecule has 0 aromatic carbocycles. The minimum absolute atomic E-state index is 0.0703. The third kappa shape index (κ3) is 3.65. The largest absolute Gasteiger partial charge is 0.384 e. The highest BCUT2D eigenvalue weighted by Crippen LogP contribution is 2.17. The van der Waals surface area contributed by atoms with Gasteiger partial charge in [0.2, 0.25) is 5.91 Å². The third-order valence-corrected chi connectivity index (χ3v) is 3.45. The van der Waals surface area contributed by atoms with Crippen LogP contribution in [0.15, 0.2) is 0 Å². The number of amides is 1. The number of nitrogens with zero attached hydrogens (tertiary/aromatic N) is 1. The Bertz CT molecular complexity index is 205. The molecule has 4 heteroatoms. The van der Waals surface area contributed by atoms with Gasteiger partial charge < -0.3 is 9.64 Å². The molecule has 15 heavy (non-hydrogen) atoms. The monoisotopic (exact) mass is 233 g/mol. The fourth-order valence-electron chi connectivity index (χ4n) is 1.88. The molecule has 0 aliphatic carbocycles. The number of alkyl halides is 1. The van der Waals surface area contributed by atoms with Gasteiger partial charge in [0.15, 0.2) is 0 Å². The first-order valence-corrected chi connectivity index (χ1v) is 6.02. The van der Waals surface area contributed by atoms with Gasteiger partial charge in [-0.1, -0.05) is 6.92 Å². The molecule has 1 aliphatic heterocycles. The number of hydrogen-bond donors (Lipinski definition) is 0. The first-order chi connectivity index (χ1) is 7.16. The second kappa shape index (κ2) is 6.33. The zero-order valence-electron chi connectivity index (χ0n) is 9.54. The summed E-state index contributed by atoms with van der Waals surface area (Å²) in [6, 6.07) is 0. The number of halogens is 1. The molecule has 1 aliphatic rings. The van der Waals surface area contributed by atoms with E-state index in [0.717, 1.165) is 25.9 Å². The number of ether oxygens (including phenoxy) is 1. The van der Waals surface area contributed by atoms with Crippen LogP contribution in [-0.4, -0.2) is 43.0 Å². The zero-order chi connectivity index (χ0) is 11.3. The molecule has 1 amide bonds. The van der Waals surface area contributed by atoms with Gasteiger partial charge in [-0.3, -0.25) is 4.79 Å². The smallest absolute Gasteiger partial charge is 0.240 e. The third-order valence-electron chi connectivity index (χ3n) is 2.83. The second-order valence-corrected chi connectivity index (χ2v) is 4.69. The van der Waals surface area contributed by atoms with E-state index in [1.54, 1.807) is 7.11 Å². The molecule has 2 unspecified atom stereocenters. The molecule has 0 spiro atoms. The van der Waals surface area contributed by atoms with Gasteiger partial charge in [-0.15, -0.1) is 11.6 Å². The van der Waals surface area contributed by atoms with Crippen molar-refractivity contribution in [2.45, 2.75) is 31.6 Å². The lowest BCUT2D eigenvalue weighted by Gasteiger charge is -2.30. The van der Waals surface area contributed by atoms with Crippen molar-refractivity contribution < 1.29 is 9.53 Å². The van der Waals surface area contributed by atoms with Crippen LogP contribution in [0, 0.1) is 5.92 Å². The molecule has 0 radical (unpaired) electrons. The van der Waals surface area contributed by atoms with Gasteiger partial charge in [0.1, 0.15) is 5.38 Å². The van der Waals surface area contributed by atoms with E-state index in [9.17, 15) is 4.79 Å². The highest BCUT2D eigenvalue weighted by atomic mass is 35.5. The van der Waals surface area contributed by atoms with Crippen LogP contribution in [-0.2, 0) is 9.53 Å². The average Bonchev–Trinajstić information content (AvgIpc) is 2.28. The summed E-state index contributed by atoms with van der Waals surface area (Å²) in [6.07, 6.45) is 3.44. The highest BCUT2D eigenvalue weighted by molar-refractivity contribution is 6.30. The Hall–Kier alpha value is -0.280. The molecule has 1 heterocycles. The number of piperidine rings is 1. The molecule has 0 aromatic heterocycles. The zero-order valence-corrected chi connectivity index (χ0v) is 10.3. The topological polar surface area (TPSA) is 29.5 Å². The van der Waals surface area contributed by atoms with Gasteiger partial charge in [0, 0.05) is 26.1 Å². The van der Waals surface area contributed by atoms with Gasteiger partial charge in [0.25, 0.3) is 0 Å². The van der Waals surface area contributed by atoms with Crippen LogP contribution in [0.5, 0.6) is 0 Å². The van der Waals surface area contributed by atoms with E-state index in [0.29, 0.717) is 6.61 Å². The number of rotatable bonds is 4. The van der Waals surface area contributed by atoms with Crippen molar-refractivity contribution in [3.05, 3.63) is 0 Å². The van der Waals surface area contributed by atoms with Gasteiger partial charge >= 0.3 is 0 Å². The summed E-state index contributed by atoms with van der Waals surface area (Å²) in [6.45, 7) is 4.21. The lowest BCUT2D eigenvalue weighted by molar-refractivity contribution is -0.132. The second-order valence-electron chi connectivity index (χ2n) is 4.22. The number of carbonyl (C=O) groups is 1. The summed E-state index contributed by atoms with van der Waals surface area (Å²) in [5.41, 5.74) is 0. The average molecular weight is 234 g/mol. The van der Waals surface area contributed by atoms with Crippen molar-refractivity contribution in [3.8, 4) is 0 Å². The van der Waals surface area contributed by atoms with Gasteiger partial charge in [-0.05, 0) is 19.3 Å². The Balaban J connectivity index is 2.43. The van der Waals surface area contributed by atoms with E-state index in [-0.39, 0.29) is 11.8 Å².